The highest BCUT2D eigenvalue weighted by Crippen LogP contribution is 2.36. The zero-order chi connectivity index (χ0) is 24.6. The maximum absolute atomic E-state index is 12.7. The molecular formula is C20H23F3N6O3S. The number of benzene rings is 1. The highest BCUT2D eigenvalue weighted by molar-refractivity contribution is 7.92. The number of nitrogens with two attached hydrogens (primary N) is 1. The van der Waals surface area contributed by atoms with E-state index in [9.17, 15) is 31.6 Å². The predicted molar refractivity (Wildman–Crippen MR) is 113 cm³/mol. The molecule has 1 fully saturated rings. The van der Waals surface area contributed by atoms with Gasteiger partial charge in [-0.1, -0.05) is 0 Å². The van der Waals surface area contributed by atoms with Gasteiger partial charge in [-0.2, -0.15) is 23.5 Å². The average molecular weight is 485 g/mol. The molecule has 9 nitrogen and oxygen atoms in total. The molecule has 178 valence electrons. The minimum absolute atomic E-state index is 0.0356. The first-order valence-electron chi connectivity index (χ1n) is 9.98. The Morgan fingerprint density at radius 1 is 1.27 bits per heavy atom. The lowest BCUT2D eigenvalue weighted by Gasteiger charge is -2.35. The lowest BCUT2D eigenvalue weighted by Crippen LogP contribution is -2.37. The minimum Gasteiger partial charge on any atom is -0.365 e. The third-order valence-corrected chi connectivity index (χ3v) is 7.25. The second kappa shape index (κ2) is 9.03. The number of nitrogens with zero attached hydrogens (tertiary/aromatic N) is 4. The van der Waals surface area contributed by atoms with Gasteiger partial charge in [0.2, 0.25) is 0 Å². The summed E-state index contributed by atoms with van der Waals surface area (Å²) >= 11 is 0. The molecule has 3 rings (SSSR count). The number of nitriles is 1. The first-order chi connectivity index (χ1) is 15.3. The van der Waals surface area contributed by atoms with E-state index >= 15 is 0 Å². The van der Waals surface area contributed by atoms with Gasteiger partial charge in [-0.3, -0.25) is 9.48 Å². The molecule has 1 aliphatic rings. The van der Waals surface area contributed by atoms with Crippen LogP contribution in [0.1, 0.15) is 35.7 Å². The summed E-state index contributed by atoms with van der Waals surface area (Å²) < 4.78 is 62.7. The van der Waals surface area contributed by atoms with E-state index in [0.29, 0.717) is 12.8 Å². The van der Waals surface area contributed by atoms with Crippen molar-refractivity contribution in [2.24, 2.45) is 11.7 Å². The van der Waals surface area contributed by atoms with Crippen molar-refractivity contribution in [1.29, 1.82) is 5.26 Å². The molecule has 0 radical (unpaired) electrons. The van der Waals surface area contributed by atoms with Gasteiger partial charge in [0.25, 0.3) is 15.7 Å². The van der Waals surface area contributed by atoms with Gasteiger partial charge in [-0.15, -0.1) is 0 Å². The van der Waals surface area contributed by atoms with Crippen LogP contribution in [-0.2, 0) is 9.84 Å². The predicted octanol–water partition coefficient (Wildman–Crippen LogP) is 2.81. The summed E-state index contributed by atoms with van der Waals surface area (Å²) in [6.45, 7) is 0. The smallest absolute Gasteiger partial charge is 0.365 e. The molecule has 0 saturated heterocycles. The fraction of sp³-hybridized carbons (Fsp3) is 0.450. The zero-order valence-electron chi connectivity index (χ0n) is 17.9. The van der Waals surface area contributed by atoms with Gasteiger partial charge < -0.3 is 16.0 Å². The van der Waals surface area contributed by atoms with Crippen LogP contribution in [0.15, 0.2) is 35.4 Å². The van der Waals surface area contributed by atoms with Crippen molar-refractivity contribution < 1.29 is 26.4 Å². The Bertz CT molecular complexity index is 1170. The number of aromatic nitrogens is 2. The molecule has 0 aliphatic heterocycles. The van der Waals surface area contributed by atoms with Crippen molar-refractivity contribution in [1.82, 2.24) is 14.7 Å². The first kappa shape index (κ1) is 24.5. The molecule has 33 heavy (non-hydrogen) atoms. The van der Waals surface area contributed by atoms with Gasteiger partial charge in [-0.25, -0.2) is 8.42 Å². The Hall–Kier alpha value is -3.11. The van der Waals surface area contributed by atoms with Gasteiger partial charge in [0.05, 0.1) is 22.9 Å². The van der Waals surface area contributed by atoms with Gasteiger partial charge in [0.1, 0.15) is 5.56 Å². The number of rotatable bonds is 6. The number of primary amides is 1. The molecule has 3 atom stereocenters. The third-order valence-electron chi connectivity index (χ3n) is 5.75. The SMILES string of the molecule is CN(C)[C@@H]1CC[C@H](n2cc(C(N)=O)c(Nc3ccc(S(=O)(=O)C(F)(F)F)cc3)n2)[C@@H](C#N)C1. The number of carbonyl (C=O) groups is 1. The largest absolute Gasteiger partial charge is 0.501 e. The molecule has 2 aromatic rings. The first-order valence-corrected chi connectivity index (χ1v) is 11.5. The second-order valence-corrected chi connectivity index (χ2v) is 10.0. The van der Waals surface area contributed by atoms with Crippen LogP contribution in [0.25, 0.3) is 0 Å². The van der Waals surface area contributed by atoms with Crippen molar-refractivity contribution in [3.63, 3.8) is 0 Å². The maximum Gasteiger partial charge on any atom is 0.501 e. The average Bonchev–Trinajstić information content (AvgIpc) is 3.16. The second-order valence-electron chi connectivity index (χ2n) is 8.07. The van der Waals surface area contributed by atoms with E-state index in [-0.39, 0.29) is 35.1 Å². The molecule has 1 saturated carbocycles. The van der Waals surface area contributed by atoms with Crippen molar-refractivity contribution in [3.8, 4) is 6.07 Å². The minimum atomic E-state index is -5.47. The van der Waals surface area contributed by atoms with Crippen LogP contribution in [0, 0.1) is 17.2 Å². The maximum atomic E-state index is 12.7. The molecule has 1 amide bonds. The van der Waals surface area contributed by atoms with Gasteiger partial charge >= 0.3 is 5.51 Å². The molecule has 1 aliphatic carbocycles. The van der Waals surface area contributed by atoms with Crippen LogP contribution < -0.4 is 11.1 Å². The van der Waals surface area contributed by atoms with Crippen LogP contribution in [-0.4, -0.2) is 54.7 Å². The van der Waals surface area contributed by atoms with Crippen LogP contribution in [0.2, 0.25) is 0 Å². The molecular weight excluding hydrogens is 461 g/mol. The fourth-order valence-corrected chi connectivity index (χ4v) is 4.64. The van der Waals surface area contributed by atoms with E-state index < -0.39 is 26.1 Å². The molecule has 0 bridgehead atoms. The highest BCUT2D eigenvalue weighted by atomic mass is 32.2. The standard InChI is InChI=1S/C20H23F3N6O3S/c1-28(2)14-5-8-17(12(9-14)10-24)29-11-16(18(25)30)19(27-29)26-13-3-6-15(7-4-13)33(31,32)20(21,22)23/h3-4,6-7,11-12,14,17H,5,8-9H2,1-2H3,(H2,25,30)(H,26,27)/t12-,14-,17+/m1/s1. The Labute approximate surface area is 188 Å². The lowest BCUT2D eigenvalue weighted by molar-refractivity contribution is -0.0436. The summed E-state index contributed by atoms with van der Waals surface area (Å²) in [6, 6.07) is 6.14. The van der Waals surface area contributed by atoms with E-state index in [0.717, 1.165) is 30.7 Å². The fourth-order valence-electron chi connectivity index (χ4n) is 3.88. The lowest BCUT2D eigenvalue weighted by atomic mass is 9.82. The topological polar surface area (TPSA) is 134 Å². The van der Waals surface area contributed by atoms with Crippen molar-refractivity contribution in [2.45, 2.75) is 41.7 Å². The number of amides is 1. The van der Waals surface area contributed by atoms with E-state index in [1.165, 1.54) is 10.9 Å². The molecule has 13 heteroatoms. The number of carbonyl (C=O) groups excluding carboxylic acids is 1. The number of anilines is 2. The molecule has 1 aromatic heterocycles. The normalized spacial score (nSPS) is 21.5. The summed E-state index contributed by atoms with van der Waals surface area (Å²) in [7, 11) is -1.57. The number of alkyl halides is 3. The van der Waals surface area contributed by atoms with Crippen LogP contribution >= 0.6 is 0 Å². The number of halogens is 3. The number of hydrogen-bond acceptors (Lipinski definition) is 7. The van der Waals surface area contributed by atoms with Gasteiger partial charge in [0, 0.05) is 17.9 Å². The number of sulfone groups is 1. The van der Waals surface area contributed by atoms with E-state index in [1.54, 1.807) is 0 Å². The molecule has 1 aromatic carbocycles. The molecule has 0 spiro atoms. The summed E-state index contributed by atoms with van der Waals surface area (Å²) in [5.41, 5.74) is 0.288. The summed E-state index contributed by atoms with van der Waals surface area (Å²) in [5.74, 6) is -1.07. The van der Waals surface area contributed by atoms with Crippen molar-refractivity contribution in [3.05, 3.63) is 36.0 Å². The number of nitrogens with one attached hydrogen (secondary N) is 1. The zero-order valence-corrected chi connectivity index (χ0v) is 18.7. The Kier molecular flexibility index (Phi) is 6.71. The van der Waals surface area contributed by atoms with Crippen molar-refractivity contribution >= 4 is 27.2 Å². The van der Waals surface area contributed by atoms with E-state index in [1.807, 2.05) is 14.1 Å². The molecule has 1 heterocycles. The van der Waals surface area contributed by atoms with E-state index in [4.69, 9.17) is 5.73 Å². The van der Waals surface area contributed by atoms with Crippen LogP contribution in [0.5, 0.6) is 0 Å². The third kappa shape index (κ3) is 4.96. The summed E-state index contributed by atoms with van der Waals surface area (Å²) in [6.07, 6.45) is 3.57. The monoisotopic (exact) mass is 484 g/mol. The highest BCUT2D eigenvalue weighted by Gasteiger charge is 2.46. The quantitative estimate of drug-likeness (QED) is 0.644. The van der Waals surface area contributed by atoms with Gasteiger partial charge in [0.15, 0.2) is 5.82 Å². The Balaban J connectivity index is 1.87. The molecule has 0 unspecified atom stereocenters. The Morgan fingerprint density at radius 2 is 1.91 bits per heavy atom. The summed E-state index contributed by atoms with van der Waals surface area (Å²) in [4.78, 5) is 13.1. The van der Waals surface area contributed by atoms with E-state index in [2.05, 4.69) is 21.4 Å². The molecule has 3 N–H and O–H groups in total. The number of hydrogen-bond donors (Lipinski definition) is 2. The summed E-state index contributed by atoms with van der Waals surface area (Å²) in [5, 5.41) is 16.8. The van der Waals surface area contributed by atoms with Crippen LogP contribution in [0.4, 0.5) is 24.7 Å². The Morgan fingerprint density at radius 3 is 2.42 bits per heavy atom. The van der Waals surface area contributed by atoms with Gasteiger partial charge in [-0.05, 0) is 57.6 Å². The van der Waals surface area contributed by atoms with Crippen LogP contribution in [0.3, 0.4) is 0 Å². The van der Waals surface area contributed by atoms with Crippen molar-refractivity contribution in [2.75, 3.05) is 19.4 Å².